The molecule has 3 heterocycles. The molecule has 1 aromatic heterocycles. The summed E-state index contributed by atoms with van der Waals surface area (Å²) in [5, 5.41) is 6.13. The summed E-state index contributed by atoms with van der Waals surface area (Å²) in [5.74, 6) is 1.71. The number of para-hydroxylation sites is 1. The third-order valence-corrected chi connectivity index (χ3v) is 7.26. The molecule has 2 aliphatic heterocycles. The first-order chi connectivity index (χ1) is 16.1. The number of amidine groups is 1. The molecule has 2 aliphatic rings. The van der Waals surface area contributed by atoms with Gasteiger partial charge in [0, 0.05) is 6.21 Å². The molecule has 4 aromatic rings. The van der Waals surface area contributed by atoms with Crippen LogP contribution in [0.1, 0.15) is 5.82 Å². The number of hydrogen-bond acceptors (Lipinski definition) is 7. The Hall–Kier alpha value is -3.49. The van der Waals surface area contributed by atoms with Gasteiger partial charge in [0.15, 0.2) is 4.87 Å². The number of nitrogens with one attached hydrogen (secondary N) is 1. The van der Waals surface area contributed by atoms with Gasteiger partial charge < -0.3 is 5.32 Å². The Morgan fingerprint density at radius 3 is 2.73 bits per heavy atom. The molecule has 1 unspecified atom stereocenters. The Bertz CT molecular complexity index is 1580. The van der Waals surface area contributed by atoms with Crippen LogP contribution >= 0.6 is 23.4 Å². The van der Waals surface area contributed by atoms with Gasteiger partial charge in [-0.15, -0.1) is 11.8 Å². The maximum absolute atomic E-state index is 13.8. The monoisotopic (exact) mass is 472 g/mol. The summed E-state index contributed by atoms with van der Waals surface area (Å²) in [6, 6.07) is 19.1. The van der Waals surface area contributed by atoms with E-state index in [4.69, 9.17) is 16.6 Å². The summed E-state index contributed by atoms with van der Waals surface area (Å²) in [7, 11) is 0. The third kappa shape index (κ3) is 3.34. The van der Waals surface area contributed by atoms with Crippen molar-refractivity contribution >= 4 is 63.4 Å². The predicted octanol–water partition coefficient (Wildman–Crippen LogP) is 4.19. The Morgan fingerprint density at radius 2 is 1.88 bits per heavy atom. The van der Waals surface area contributed by atoms with Gasteiger partial charge in [-0.1, -0.05) is 48.0 Å². The van der Waals surface area contributed by atoms with E-state index >= 15 is 0 Å². The van der Waals surface area contributed by atoms with E-state index in [1.54, 1.807) is 23.2 Å². The van der Waals surface area contributed by atoms with Gasteiger partial charge in [0.25, 0.3) is 5.56 Å². The van der Waals surface area contributed by atoms with Crippen LogP contribution in [-0.4, -0.2) is 39.5 Å². The molecule has 0 aliphatic carbocycles. The van der Waals surface area contributed by atoms with Gasteiger partial charge in [-0.25, -0.2) is 15.0 Å². The SMILES string of the molecule is O=c1c2cc3ccccc3cc2nc(CSC23C=NCN=C2NC=N3)n1-c1ccccc1Cl. The van der Waals surface area contributed by atoms with Crippen LogP contribution in [-0.2, 0) is 5.75 Å². The van der Waals surface area contributed by atoms with Gasteiger partial charge in [0.05, 0.1) is 33.7 Å². The second kappa shape index (κ2) is 7.83. The van der Waals surface area contributed by atoms with E-state index in [1.807, 2.05) is 54.6 Å². The number of rotatable bonds is 4. The molecule has 0 saturated carbocycles. The lowest BCUT2D eigenvalue weighted by Crippen LogP contribution is -2.40. The Kier molecular flexibility index (Phi) is 4.78. The Labute approximate surface area is 198 Å². The van der Waals surface area contributed by atoms with E-state index < -0.39 is 4.87 Å². The van der Waals surface area contributed by atoms with Crippen LogP contribution < -0.4 is 10.9 Å². The van der Waals surface area contributed by atoms with E-state index in [9.17, 15) is 4.79 Å². The zero-order valence-corrected chi connectivity index (χ0v) is 18.8. The number of aliphatic imine (C=N–C) groups is 3. The van der Waals surface area contributed by atoms with Gasteiger partial charge in [-0.2, -0.15) is 0 Å². The first-order valence-corrected chi connectivity index (χ1v) is 11.7. The molecule has 1 N–H and O–H groups in total. The van der Waals surface area contributed by atoms with E-state index in [1.165, 1.54) is 11.8 Å². The van der Waals surface area contributed by atoms with Crippen LogP contribution in [0.3, 0.4) is 0 Å². The number of thioether (sulfide) groups is 1. The number of benzene rings is 3. The largest absolute Gasteiger partial charge is 0.332 e. The second-order valence-electron chi connectivity index (χ2n) is 7.68. The molecule has 0 fully saturated rings. The molecule has 0 radical (unpaired) electrons. The van der Waals surface area contributed by atoms with Crippen molar-refractivity contribution in [3.8, 4) is 5.69 Å². The molecule has 0 bridgehead atoms. The third-order valence-electron chi connectivity index (χ3n) is 5.69. The highest BCUT2D eigenvalue weighted by atomic mass is 35.5. The predicted molar refractivity (Wildman–Crippen MR) is 136 cm³/mol. The maximum Gasteiger partial charge on any atom is 0.266 e. The average molecular weight is 473 g/mol. The number of halogens is 1. The second-order valence-corrected chi connectivity index (χ2v) is 9.29. The lowest BCUT2D eigenvalue weighted by molar-refractivity contribution is 0.880. The van der Waals surface area contributed by atoms with Crippen LogP contribution in [0.5, 0.6) is 0 Å². The Morgan fingerprint density at radius 1 is 1.09 bits per heavy atom. The fourth-order valence-corrected chi connectivity index (χ4v) is 5.40. The molecule has 162 valence electrons. The molecule has 6 rings (SSSR count). The quantitative estimate of drug-likeness (QED) is 0.451. The minimum Gasteiger partial charge on any atom is -0.332 e. The number of hydrogen-bond donors (Lipinski definition) is 1. The first kappa shape index (κ1) is 20.1. The van der Waals surface area contributed by atoms with Crippen molar-refractivity contribution in [3.63, 3.8) is 0 Å². The van der Waals surface area contributed by atoms with Crippen LogP contribution in [0.2, 0.25) is 5.02 Å². The fourth-order valence-electron chi connectivity index (χ4n) is 4.10. The molecule has 9 heteroatoms. The van der Waals surface area contributed by atoms with Crippen LogP contribution in [0, 0.1) is 0 Å². The summed E-state index contributed by atoms with van der Waals surface area (Å²) < 4.78 is 1.60. The standard InChI is InChI=1S/C24H17ClN6OS/c25-18-7-3-4-8-20(18)31-21(11-33-24-12-26-13-27-23(24)28-14-29-24)30-19-10-16-6-2-1-5-15(16)9-17(19)22(31)32/h1-10,12,14H,11,13H2,(H,27,28,29). The van der Waals surface area contributed by atoms with Gasteiger partial charge in [0.2, 0.25) is 0 Å². The van der Waals surface area contributed by atoms with E-state index in [0.29, 0.717) is 39.9 Å². The van der Waals surface area contributed by atoms with Crippen LogP contribution in [0.25, 0.3) is 27.4 Å². The molecule has 0 saturated heterocycles. The Balaban J connectivity index is 1.54. The van der Waals surface area contributed by atoms with Crippen molar-refractivity contribution in [1.29, 1.82) is 0 Å². The topological polar surface area (TPSA) is 84.0 Å². The first-order valence-electron chi connectivity index (χ1n) is 10.3. The van der Waals surface area contributed by atoms with Gasteiger partial charge in [0.1, 0.15) is 18.3 Å². The average Bonchev–Trinajstić information content (AvgIpc) is 3.27. The highest BCUT2D eigenvalue weighted by Gasteiger charge is 2.39. The minimum absolute atomic E-state index is 0.161. The summed E-state index contributed by atoms with van der Waals surface area (Å²) >= 11 is 8.02. The summed E-state index contributed by atoms with van der Waals surface area (Å²) in [4.78, 5) is 31.3. The maximum atomic E-state index is 13.8. The lowest BCUT2D eigenvalue weighted by Gasteiger charge is -2.24. The van der Waals surface area contributed by atoms with E-state index in [0.717, 1.165) is 16.6 Å². The van der Waals surface area contributed by atoms with Crippen LogP contribution in [0.4, 0.5) is 0 Å². The van der Waals surface area contributed by atoms with Crippen molar-refractivity contribution in [2.75, 3.05) is 6.67 Å². The molecule has 0 amide bonds. The molecular formula is C24H17ClN6OS. The van der Waals surface area contributed by atoms with Crippen molar-refractivity contribution in [2.45, 2.75) is 10.6 Å². The number of nitrogens with zero attached hydrogens (tertiary/aromatic N) is 5. The zero-order valence-electron chi connectivity index (χ0n) is 17.3. The van der Waals surface area contributed by atoms with Gasteiger partial charge in [-0.3, -0.25) is 14.4 Å². The molecule has 1 atom stereocenters. The van der Waals surface area contributed by atoms with E-state index in [2.05, 4.69) is 20.3 Å². The molecule has 7 nitrogen and oxygen atoms in total. The summed E-state index contributed by atoms with van der Waals surface area (Å²) in [5.41, 5.74) is 1.08. The lowest BCUT2D eigenvalue weighted by atomic mass is 10.1. The number of fused-ring (bicyclic) bond motifs is 3. The van der Waals surface area contributed by atoms with Crippen molar-refractivity contribution < 1.29 is 0 Å². The van der Waals surface area contributed by atoms with E-state index in [-0.39, 0.29) is 5.56 Å². The van der Waals surface area contributed by atoms with Crippen molar-refractivity contribution in [3.05, 3.63) is 81.9 Å². The van der Waals surface area contributed by atoms with Crippen LogP contribution in [0.15, 0.2) is 80.4 Å². The fraction of sp³-hybridized carbons (Fsp3) is 0.125. The minimum atomic E-state index is -0.736. The number of aromatic nitrogens is 2. The highest BCUT2D eigenvalue weighted by molar-refractivity contribution is 8.01. The highest BCUT2D eigenvalue weighted by Crippen LogP contribution is 2.34. The molecular weight excluding hydrogens is 456 g/mol. The molecule has 3 aromatic carbocycles. The molecule has 33 heavy (non-hydrogen) atoms. The summed E-state index contributed by atoms with van der Waals surface area (Å²) in [6.07, 6.45) is 3.42. The van der Waals surface area contributed by atoms with Gasteiger partial charge >= 0.3 is 0 Å². The molecule has 0 spiro atoms. The van der Waals surface area contributed by atoms with Gasteiger partial charge in [-0.05, 0) is 35.0 Å². The zero-order chi connectivity index (χ0) is 22.4. The smallest absolute Gasteiger partial charge is 0.266 e. The summed E-state index contributed by atoms with van der Waals surface area (Å²) in [6.45, 7) is 0.375. The normalized spacial score (nSPS) is 19.0. The van der Waals surface area contributed by atoms with Crippen molar-refractivity contribution in [1.82, 2.24) is 14.9 Å². The van der Waals surface area contributed by atoms with Crippen molar-refractivity contribution in [2.24, 2.45) is 15.0 Å².